The predicted octanol–water partition coefficient (Wildman–Crippen LogP) is 12.0. The molecule has 0 saturated heterocycles. The first-order valence-electron chi connectivity index (χ1n) is 26.2. The molecule has 0 aliphatic rings. The van der Waals surface area contributed by atoms with Crippen molar-refractivity contribution in [1.29, 1.82) is 0 Å². The largest absolute Gasteiger partial charge is 0.360 e. The number of hydrogen-bond acceptors (Lipinski definition) is 11. The molecule has 0 spiro atoms. The van der Waals surface area contributed by atoms with E-state index >= 15 is 0 Å². The van der Waals surface area contributed by atoms with Crippen molar-refractivity contribution >= 4 is 123 Å². The van der Waals surface area contributed by atoms with E-state index in [-0.39, 0.29) is 27.5 Å². The van der Waals surface area contributed by atoms with Crippen molar-refractivity contribution in [3.8, 4) is 0 Å². The van der Waals surface area contributed by atoms with Crippen LogP contribution in [0.1, 0.15) is 17.1 Å². The molecule has 16 nitrogen and oxygen atoms in total. The Hall–Kier alpha value is -9.95. The smallest absolute Gasteiger partial charge is 0.268 e. The topological polar surface area (TPSA) is 202 Å². The van der Waals surface area contributed by atoms with Crippen LogP contribution in [0.3, 0.4) is 0 Å². The summed E-state index contributed by atoms with van der Waals surface area (Å²) in [6.45, 7) is 0.449. The molecule has 0 amide bonds. The van der Waals surface area contributed by atoms with E-state index in [1.807, 2.05) is 109 Å². The molecule has 83 heavy (non-hydrogen) atoms. The average molecular weight is 1190 g/mol. The minimum absolute atomic E-state index is 0.0553. The Morgan fingerprint density at radius 1 is 0.386 bits per heavy atom. The summed E-state index contributed by atoms with van der Waals surface area (Å²) in [5.41, 5.74) is 7.58. The van der Waals surface area contributed by atoms with Gasteiger partial charge in [-0.25, -0.2) is 49.7 Å². The number of pyridine rings is 3. The number of alkyl halides is 1. The lowest BCUT2D eigenvalue weighted by Gasteiger charge is -2.13. The fourth-order valence-electron chi connectivity index (χ4n) is 10.5. The van der Waals surface area contributed by atoms with Gasteiger partial charge < -0.3 is 4.98 Å². The molecule has 1 N–H and O–H groups in total. The summed E-state index contributed by atoms with van der Waals surface area (Å²) in [7, 11) is -7.54. The molecule has 15 aromatic rings. The number of halogens is 1. The molecule has 7 aromatic carbocycles. The van der Waals surface area contributed by atoms with Gasteiger partial charge in [0.1, 0.15) is 0 Å². The Morgan fingerprint density at radius 2 is 0.759 bits per heavy atom. The molecule has 8 aromatic heterocycles. The number of hydrogen-bond donors (Lipinski definition) is 1. The summed E-state index contributed by atoms with van der Waals surface area (Å²) in [5.74, 6) is 0. The third-order valence-corrected chi connectivity index (χ3v) is 18.4. The highest BCUT2D eigenvalue weighted by molar-refractivity contribution is 9.08. The van der Waals surface area contributed by atoms with Crippen LogP contribution in [0.25, 0.3) is 87.2 Å². The van der Waals surface area contributed by atoms with Crippen molar-refractivity contribution in [1.82, 2.24) is 47.0 Å². The van der Waals surface area contributed by atoms with Crippen LogP contribution in [0, 0.1) is 0 Å². The van der Waals surface area contributed by atoms with E-state index in [0.29, 0.717) is 56.1 Å². The van der Waals surface area contributed by atoms with Gasteiger partial charge >= 0.3 is 0 Å². The van der Waals surface area contributed by atoms with Gasteiger partial charge in [0.15, 0.2) is 0 Å². The van der Waals surface area contributed by atoms with Crippen molar-refractivity contribution in [2.75, 3.05) is 0 Å². The Balaban J connectivity index is 0.000000119. The molecule has 15 rings (SSSR count). The van der Waals surface area contributed by atoms with E-state index in [1.54, 1.807) is 114 Å². The minimum atomic E-state index is -3.88. The molecule has 0 radical (unpaired) electrons. The maximum absolute atomic E-state index is 13.5. The van der Waals surface area contributed by atoms with E-state index in [2.05, 4.69) is 41.9 Å². The third kappa shape index (κ3) is 9.49. The van der Waals surface area contributed by atoms with Crippen LogP contribution >= 0.6 is 15.9 Å². The van der Waals surface area contributed by atoms with E-state index in [9.17, 15) is 26.4 Å². The molecule has 0 aliphatic heterocycles. The maximum Gasteiger partial charge on any atom is 0.268 e. The Bertz CT molecular complexity index is 5380. The fourth-order valence-corrected chi connectivity index (χ4v) is 13.7. The lowest BCUT2D eigenvalue weighted by Crippen LogP contribution is -2.22. The highest BCUT2D eigenvalue weighted by Crippen LogP contribution is 2.33. The number of benzene rings is 7. The molecular weight excluding hydrogens is 1150 g/mol. The zero-order valence-electron chi connectivity index (χ0n) is 43.7. The highest BCUT2D eigenvalue weighted by atomic mass is 79.9. The van der Waals surface area contributed by atoms with Gasteiger partial charge in [0.2, 0.25) is 0 Å². The van der Waals surface area contributed by atoms with Crippen molar-refractivity contribution in [3.05, 3.63) is 269 Å². The maximum atomic E-state index is 13.5. The van der Waals surface area contributed by atoms with Crippen LogP contribution in [-0.4, -0.2) is 63.8 Å². The molecule has 0 bridgehead atoms. The standard InChI is InChI=1S/C26H18N4O3S.C20H14N4O.C18H13BrN2O2S/c31-26-21-11-5-6-12-22(21)27-17-29(26)16-24-25-20(19-10-4-7-13-23(19)28-24)14-15-30(25)34(32,33)18-8-2-1-3-9-18;25-20-15-6-2-3-7-16(15)22-12-24(20)11-18-19-14(9-10-21-19)13-5-1-4-8-17(13)23-18;19-12-17-18-15(14-8-4-5-9-16(14)20-17)10-11-21(18)24(22,23)13-6-2-1-3-7-13/h1-15,17H,16H2;1-10,12,21H,11H2;1-11H,12H2. The molecular formula is C64H45BrN10O6S2. The number of aromatic nitrogens is 10. The van der Waals surface area contributed by atoms with Gasteiger partial charge in [-0.05, 0) is 84.9 Å². The summed E-state index contributed by atoms with van der Waals surface area (Å²) in [6.07, 6.45) is 8.13. The number of rotatable bonds is 9. The summed E-state index contributed by atoms with van der Waals surface area (Å²) in [5, 5.41) is 7.22. The molecule has 406 valence electrons. The van der Waals surface area contributed by atoms with Gasteiger partial charge in [0, 0.05) is 56.2 Å². The zero-order chi connectivity index (χ0) is 56.8. The number of H-pyrrole nitrogens is 1. The Kier molecular flexibility index (Phi) is 13.6. The zero-order valence-corrected chi connectivity index (χ0v) is 46.9. The van der Waals surface area contributed by atoms with Gasteiger partial charge in [-0.2, -0.15) is 0 Å². The van der Waals surface area contributed by atoms with Crippen molar-refractivity contribution in [3.63, 3.8) is 0 Å². The Morgan fingerprint density at radius 3 is 1.23 bits per heavy atom. The first-order chi connectivity index (χ1) is 40.5. The van der Waals surface area contributed by atoms with Crippen molar-refractivity contribution in [2.45, 2.75) is 28.2 Å². The molecule has 0 saturated carbocycles. The number of aromatic amines is 1. The predicted molar refractivity (Wildman–Crippen MR) is 329 cm³/mol. The third-order valence-electron chi connectivity index (χ3n) is 14.5. The molecule has 0 fully saturated rings. The lowest BCUT2D eigenvalue weighted by atomic mass is 10.1. The summed E-state index contributed by atoms with van der Waals surface area (Å²) in [6, 6.07) is 60.3. The average Bonchev–Trinajstić information content (AvgIpc) is 4.51. The highest BCUT2D eigenvalue weighted by Gasteiger charge is 2.25. The first-order valence-corrected chi connectivity index (χ1v) is 30.2. The van der Waals surface area contributed by atoms with Gasteiger partial charge in [-0.3, -0.25) is 18.7 Å². The second-order valence-electron chi connectivity index (χ2n) is 19.4. The van der Waals surface area contributed by atoms with E-state index in [4.69, 9.17) is 9.97 Å². The number of para-hydroxylation sites is 5. The lowest BCUT2D eigenvalue weighted by molar-refractivity contribution is 0.587. The molecule has 8 heterocycles. The van der Waals surface area contributed by atoms with E-state index in [1.165, 1.54) is 18.8 Å². The second kappa shape index (κ2) is 21.5. The first kappa shape index (κ1) is 52.4. The van der Waals surface area contributed by atoms with Crippen LogP contribution in [0.5, 0.6) is 0 Å². The summed E-state index contributed by atoms with van der Waals surface area (Å²) >= 11 is 3.44. The van der Waals surface area contributed by atoms with Crippen LogP contribution in [0.4, 0.5) is 0 Å². The molecule has 0 aliphatic carbocycles. The fraction of sp³-hybridized carbons (Fsp3) is 0.0469. The van der Waals surface area contributed by atoms with Gasteiger partial charge in [0.05, 0.1) is 108 Å². The van der Waals surface area contributed by atoms with Crippen LogP contribution in [0.2, 0.25) is 0 Å². The summed E-state index contributed by atoms with van der Waals surface area (Å²) in [4.78, 5) is 52.6. The number of nitrogens with zero attached hydrogens (tertiary/aromatic N) is 9. The second-order valence-corrected chi connectivity index (χ2v) is 23.6. The summed E-state index contributed by atoms with van der Waals surface area (Å²) < 4.78 is 58.8. The van der Waals surface area contributed by atoms with Gasteiger partial charge in [-0.15, -0.1) is 0 Å². The van der Waals surface area contributed by atoms with Crippen molar-refractivity contribution in [2.24, 2.45) is 0 Å². The van der Waals surface area contributed by atoms with E-state index in [0.717, 1.165) is 60.1 Å². The van der Waals surface area contributed by atoms with Gasteiger partial charge in [0.25, 0.3) is 31.2 Å². The van der Waals surface area contributed by atoms with Gasteiger partial charge in [-0.1, -0.05) is 131 Å². The molecule has 0 atom stereocenters. The van der Waals surface area contributed by atoms with Crippen molar-refractivity contribution < 1.29 is 16.8 Å². The quantitative estimate of drug-likeness (QED) is 0.135. The van der Waals surface area contributed by atoms with Crippen LogP contribution in [0.15, 0.2) is 251 Å². The minimum Gasteiger partial charge on any atom is -0.360 e. The molecule has 0 unspecified atom stereocenters. The Labute approximate surface area is 481 Å². The number of nitrogens with one attached hydrogen (secondary N) is 1. The normalized spacial score (nSPS) is 11.9. The monoisotopic (exact) mass is 1190 g/mol. The van der Waals surface area contributed by atoms with Crippen LogP contribution in [-0.2, 0) is 38.5 Å². The molecule has 19 heteroatoms. The van der Waals surface area contributed by atoms with Crippen LogP contribution < -0.4 is 11.1 Å². The number of fused-ring (bicyclic) bond motifs is 11. The van der Waals surface area contributed by atoms with E-state index < -0.39 is 20.0 Å². The SMILES string of the molecule is O=S(=O)(c1ccccc1)n1ccc2c3ccccc3nc(CBr)c21.O=c1c2ccccc2ncn1Cc1nc2ccccc2c2cc[nH]c12.O=c1c2ccccc2ncn1Cc1nc2ccccc2c2ccn(S(=O)(=O)c3ccccc3)c12.